The Kier molecular flexibility index (Phi) is 2.21. The van der Waals surface area contributed by atoms with Gasteiger partial charge in [0, 0.05) is 17.3 Å². The van der Waals surface area contributed by atoms with E-state index >= 15 is 0 Å². The van der Waals surface area contributed by atoms with Gasteiger partial charge in [-0.3, -0.25) is 9.88 Å². The molecule has 0 fully saturated rings. The summed E-state index contributed by atoms with van der Waals surface area (Å²) >= 11 is 1.57. The van der Waals surface area contributed by atoms with Crippen LogP contribution in [-0.4, -0.2) is 20.6 Å². The van der Waals surface area contributed by atoms with E-state index in [1.807, 2.05) is 0 Å². The van der Waals surface area contributed by atoms with Crippen LogP contribution in [0.4, 0.5) is 9.93 Å². The lowest BCUT2D eigenvalue weighted by Gasteiger charge is -2.00. The molecule has 1 aliphatic rings. The SMILES string of the molecule is O=C(Nc1nc2c(s1)CCC2)n1ccnc1. The normalized spacial score (nSPS) is 13.8. The molecule has 0 unspecified atom stereocenters. The number of carbonyl (C=O) groups is 1. The Balaban J connectivity index is 1.77. The van der Waals surface area contributed by atoms with Gasteiger partial charge in [-0.2, -0.15) is 0 Å². The molecule has 2 aromatic rings. The predicted molar refractivity (Wildman–Crippen MR) is 60.8 cm³/mol. The molecule has 2 aromatic heterocycles. The third-order valence-corrected chi connectivity index (χ3v) is 3.62. The van der Waals surface area contributed by atoms with Crippen molar-refractivity contribution >= 4 is 22.5 Å². The van der Waals surface area contributed by atoms with Gasteiger partial charge in [-0.05, 0) is 19.3 Å². The highest BCUT2D eigenvalue weighted by molar-refractivity contribution is 7.15. The van der Waals surface area contributed by atoms with Gasteiger partial charge in [0.05, 0.1) is 5.69 Å². The fourth-order valence-electron chi connectivity index (χ4n) is 1.78. The molecule has 3 rings (SSSR count). The smallest absolute Gasteiger partial charge is 0.283 e. The summed E-state index contributed by atoms with van der Waals surface area (Å²) in [5.41, 5.74) is 1.14. The molecule has 0 radical (unpaired) electrons. The fourth-order valence-corrected chi connectivity index (χ4v) is 2.82. The van der Waals surface area contributed by atoms with Crippen LogP contribution in [0.3, 0.4) is 0 Å². The van der Waals surface area contributed by atoms with Crippen LogP contribution < -0.4 is 5.32 Å². The molecule has 0 saturated carbocycles. The Morgan fingerprint density at radius 1 is 1.50 bits per heavy atom. The van der Waals surface area contributed by atoms with Gasteiger partial charge in [-0.25, -0.2) is 14.8 Å². The number of carbonyl (C=O) groups excluding carboxylic acids is 1. The monoisotopic (exact) mass is 234 g/mol. The number of aromatic nitrogens is 3. The maximum atomic E-state index is 11.7. The number of hydrogen-bond acceptors (Lipinski definition) is 4. The van der Waals surface area contributed by atoms with Gasteiger partial charge in [0.1, 0.15) is 6.33 Å². The summed E-state index contributed by atoms with van der Waals surface area (Å²) in [4.78, 5) is 21.2. The molecule has 5 nitrogen and oxygen atoms in total. The van der Waals surface area contributed by atoms with E-state index in [4.69, 9.17) is 0 Å². The first kappa shape index (κ1) is 9.53. The average Bonchev–Trinajstić information content (AvgIpc) is 2.91. The first-order valence-corrected chi connectivity index (χ1v) is 5.92. The minimum Gasteiger partial charge on any atom is -0.283 e. The zero-order valence-corrected chi connectivity index (χ0v) is 9.33. The van der Waals surface area contributed by atoms with Gasteiger partial charge >= 0.3 is 6.03 Å². The van der Waals surface area contributed by atoms with Gasteiger partial charge in [-0.1, -0.05) is 0 Å². The van der Waals surface area contributed by atoms with Crippen LogP contribution in [0.5, 0.6) is 0 Å². The molecule has 0 spiro atoms. The third-order valence-electron chi connectivity index (χ3n) is 2.55. The molecule has 2 heterocycles. The fraction of sp³-hybridized carbons (Fsp3) is 0.300. The van der Waals surface area contributed by atoms with Crippen LogP contribution in [0.1, 0.15) is 17.0 Å². The van der Waals surface area contributed by atoms with E-state index in [0.717, 1.165) is 18.5 Å². The van der Waals surface area contributed by atoms with Crippen LogP contribution >= 0.6 is 11.3 Å². The number of thiazole rings is 1. The average molecular weight is 234 g/mol. The molecular formula is C10H10N4OS. The molecule has 1 N–H and O–H groups in total. The number of imidazole rings is 1. The number of aryl methyl sites for hydroxylation is 2. The second-order valence-electron chi connectivity index (χ2n) is 3.64. The van der Waals surface area contributed by atoms with Crippen molar-refractivity contribution in [2.75, 3.05) is 5.32 Å². The third kappa shape index (κ3) is 1.61. The number of anilines is 1. The lowest BCUT2D eigenvalue weighted by atomic mass is 10.4. The van der Waals surface area contributed by atoms with Crippen molar-refractivity contribution in [2.45, 2.75) is 19.3 Å². The Hall–Kier alpha value is -1.69. The molecule has 16 heavy (non-hydrogen) atoms. The minimum atomic E-state index is -0.218. The summed E-state index contributed by atoms with van der Waals surface area (Å²) < 4.78 is 1.40. The van der Waals surface area contributed by atoms with Crippen molar-refractivity contribution in [1.82, 2.24) is 14.5 Å². The highest BCUT2D eigenvalue weighted by atomic mass is 32.1. The van der Waals surface area contributed by atoms with E-state index in [9.17, 15) is 4.79 Å². The largest absolute Gasteiger partial charge is 0.333 e. The quantitative estimate of drug-likeness (QED) is 0.820. The van der Waals surface area contributed by atoms with Crippen LogP contribution in [-0.2, 0) is 12.8 Å². The molecule has 0 saturated heterocycles. The Bertz CT molecular complexity index is 495. The second kappa shape index (κ2) is 3.71. The van der Waals surface area contributed by atoms with E-state index < -0.39 is 0 Å². The van der Waals surface area contributed by atoms with Crippen LogP contribution in [0.15, 0.2) is 18.7 Å². The van der Waals surface area contributed by atoms with Crippen molar-refractivity contribution in [2.24, 2.45) is 0 Å². The molecule has 1 aliphatic carbocycles. The van der Waals surface area contributed by atoms with E-state index in [0.29, 0.717) is 5.13 Å². The van der Waals surface area contributed by atoms with Crippen molar-refractivity contribution in [3.8, 4) is 0 Å². The summed E-state index contributed by atoms with van der Waals surface area (Å²) in [6.45, 7) is 0. The molecule has 0 atom stereocenters. The van der Waals surface area contributed by atoms with Gasteiger partial charge in [0.15, 0.2) is 5.13 Å². The van der Waals surface area contributed by atoms with E-state index in [-0.39, 0.29) is 6.03 Å². The summed E-state index contributed by atoms with van der Waals surface area (Å²) in [5.74, 6) is 0. The van der Waals surface area contributed by atoms with Crippen LogP contribution in [0.2, 0.25) is 0 Å². The predicted octanol–water partition coefficient (Wildman–Crippen LogP) is 1.91. The summed E-state index contributed by atoms with van der Waals surface area (Å²) in [6.07, 6.45) is 7.96. The van der Waals surface area contributed by atoms with Crippen LogP contribution in [0, 0.1) is 0 Å². The number of hydrogen-bond donors (Lipinski definition) is 1. The first-order chi connectivity index (χ1) is 7.83. The highest BCUT2D eigenvalue weighted by Gasteiger charge is 2.17. The molecule has 82 valence electrons. The number of rotatable bonds is 1. The second-order valence-corrected chi connectivity index (χ2v) is 4.73. The standard InChI is InChI=1S/C10H10N4OS/c15-10(14-5-4-11-6-14)13-9-12-7-2-1-3-8(7)16-9/h4-6H,1-3H2,(H,12,13,15). The Morgan fingerprint density at radius 3 is 3.19 bits per heavy atom. The van der Waals surface area contributed by atoms with Gasteiger partial charge < -0.3 is 0 Å². The first-order valence-electron chi connectivity index (χ1n) is 5.11. The van der Waals surface area contributed by atoms with Crippen LogP contribution in [0.25, 0.3) is 0 Å². The van der Waals surface area contributed by atoms with Crippen molar-refractivity contribution < 1.29 is 4.79 Å². The van der Waals surface area contributed by atoms with Gasteiger partial charge in [0.2, 0.25) is 0 Å². The lowest BCUT2D eigenvalue weighted by Crippen LogP contribution is -2.17. The van der Waals surface area contributed by atoms with Crippen molar-refractivity contribution in [1.29, 1.82) is 0 Å². The van der Waals surface area contributed by atoms with Gasteiger partial charge in [-0.15, -0.1) is 11.3 Å². The topological polar surface area (TPSA) is 59.8 Å². The lowest BCUT2D eigenvalue weighted by molar-refractivity contribution is 0.253. The summed E-state index contributed by atoms with van der Waals surface area (Å²) in [7, 11) is 0. The van der Waals surface area contributed by atoms with Gasteiger partial charge in [0.25, 0.3) is 0 Å². The number of nitrogens with one attached hydrogen (secondary N) is 1. The number of amides is 1. The van der Waals surface area contributed by atoms with E-state index in [2.05, 4.69) is 15.3 Å². The maximum absolute atomic E-state index is 11.7. The highest BCUT2D eigenvalue weighted by Crippen LogP contribution is 2.30. The molecule has 0 bridgehead atoms. The zero-order chi connectivity index (χ0) is 11.0. The number of nitrogens with zero attached hydrogens (tertiary/aromatic N) is 3. The molecule has 6 heteroatoms. The van der Waals surface area contributed by atoms with E-state index in [1.165, 1.54) is 22.2 Å². The molecule has 0 aliphatic heterocycles. The molecular weight excluding hydrogens is 224 g/mol. The van der Waals surface area contributed by atoms with E-state index in [1.54, 1.807) is 23.7 Å². The zero-order valence-electron chi connectivity index (χ0n) is 8.51. The summed E-state index contributed by atoms with van der Waals surface area (Å²) in [5, 5.41) is 3.45. The summed E-state index contributed by atoms with van der Waals surface area (Å²) in [6, 6.07) is -0.218. The Morgan fingerprint density at radius 2 is 2.44 bits per heavy atom. The molecule has 0 aromatic carbocycles. The Labute approximate surface area is 96.2 Å². The van der Waals surface area contributed by atoms with Crippen molar-refractivity contribution in [3.05, 3.63) is 29.3 Å². The van der Waals surface area contributed by atoms with Crippen molar-refractivity contribution in [3.63, 3.8) is 0 Å². The maximum Gasteiger partial charge on any atom is 0.333 e. The molecule has 1 amide bonds. The minimum absolute atomic E-state index is 0.218. The number of fused-ring (bicyclic) bond motifs is 1.